The van der Waals surface area contributed by atoms with Gasteiger partial charge in [-0.3, -0.25) is 4.79 Å². The zero-order valence-electron chi connectivity index (χ0n) is 10.5. The minimum absolute atomic E-state index is 0.0542. The predicted octanol–water partition coefficient (Wildman–Crippen LogP) is 3.97. The van der Waals surface area contributed by atoms with Gasteiger partial charge in [0.05, 0.1) is 4.88 Å². The first-order valence-electron chi connectivity index (χ1n) is 6.01. The summed E-state index contributed by atoms with van der Waals surface area (Å²) in [5.41, 5.74) is 0.901. The van der Waals surface area contributed by atoms with Gasteiger partial charge in [-0.05, 0) is 17.7 Å². The van der Waals surface area contributed by atoms with Crippen LogP contribution in [0.5, 0.6) is 0 Å². The Hall–Kier alpha value is -1.30. The number of benzene rings is 1. The van der Waals surface area contributed by atoms with E-state index in [2.05, 4.69) is 15.6 Å². The number of hydrogen-bond donors (Lipinski definition) is 2. The van der Waals surface area contributed by atoms with Crippen LogP contribution >= 0.6 is 34.5 Å². The van der Waals surface area contributed by atoms with Gasteiger partial charge in [-0.15, -0.1) is 0 Å². The minimum Gasteiger partial charge on any atom is -0.365 e. The molecule has 104 valence electrons. The Morgan fingerprint density at radius 3 is 2.95 bits per heavy atom. The first-order valence-corrected chi connectivity index (χ1v) is 7.59. The lowest BCUT2D eigenvalue weighted by Crippen LogP contribution is -2.22. The summed E-state index contributed by atoms with van der Waals surface area (Å²) in [4.78, 5) is 17.2. The Kier molecular flexibility index (Phi) is 3.58. The summed E-state index contributed by atoms with van der Waals surface area (Å²) >= 11 is 13.7. The molecule has 2 heterocycles. The number of aromatic nitrogens is 1. The third-order valence-corrected chi connectivity index (χ3v) is 4.92. The van der Waals surface area contributed by atoms with E-state index in [0.29, 0.717) is 22.3 Å². The molecule has 0 saturated heterocycles. The Morgan fingerprint density at radius 1 is 1.45 bits per heavy atom. The number of carbonyl (C=O) groups excluding carboxylic acids is 1. The standard InChI is InChI=1S/C13H11Cl2N3OS/c1-16-13-18-12-11(20-13)8(5-10(19)17-12)7-3-2-6(14)4-9(7)15/h2-4,8H,5H2,1H3,(H,16,18)(H,17,19). The average molecular weight is 328 g/mol. The van der Waals surface area contributed by atoms with E-state index in [-0.39, 0.29) is 11.8 Å². The zero-order chi connectivity index (χ0) is 14.3. The fraction of sp³-hybridized carbons (Fsp3) is 0.231. The molecule has 20 heavy (non-hydrogen) atoms. The summed E-state index contributed by atoms with van der Waals surface area (Å²) in [6.45, 7) is 0. The Bertz CT molecular complexity index is 686. The molecule has 0 spiro atoms. The van der Waals surface area contributed by atoms with Crippen molar-refractivity contribution < 1.29 is 4.79 Å². The molecule has 1 unspecified atom stereocenters. The number of nitrogens with one attached hydrogen (secondary N) is 2. The molecule has 1 aromatic heterocycles. The van der Waals surface area contributed by atoms with Gasteiger partial charge in [0.15, 0.2) is 5.13 Å². The van der Waals surface area contributed by atoms with Crippen molar-refractivity contribution in [2.45, 2.75) is 12.3 Å². The van der Waals surface area contributed by atoms with E-state index in [0.717, 1.165) is 15.6 Å². The summed E-state index contributed by atoms with van der Waals surface area (Å²) in [5, 5.41) is 7.72. The number of amides is 1. The fourth-order valence-corrected chi connectivity index (χ4v) is 3.79. The molecule has 0 bridgehead atoms. The van der Waals surface area contributed by atoms with Crippen LogP contribution in [0.1, 0.15) is 22.8 Å². The van der Waals surface area contributed by atoms with Gasteiger partial charge >= 0.3 is 0 Å². The maximum atomic E-state index is 11.8. The molecule has 7 heteroatoms. The average Bonchev–Trinajstić information content (AvgIpc) is 2.81. The molecule has 1 amide bonds. The van der Waals surface area contributed by atoms with Crippen molar-refractivity contribution in [2.75, 3.05) is 17.7 Å². The number of rotatable bonds is 2. The van der Waals surface area contributed by atoms with E-state index in [9.17, 15) is 4.79 Å². The van der Waals surface area contributed by atoms with Crippen LogP contribution in [-0.4, -0.2) is 17.9 Å². The van der Waals surface area contributed by atoms with Gasteiger partial charge in [-0.25, -0.2) is 4.98 Å². The second-order valence-corrected chi connectivity index (χ2v) is 6.33. The quantitative estimate of drug-likeness (QED) is 0.877. The molecule has 1 atom stereocenters. The van der Waals surface area contributed by atoms with Gasteiger partial charge < -0.3 is 10.6 Å². The highest BCUT2D eigenvalue weighted by atomic mass is 35.5. The number of fused-ring (bicyclic) bond motifs is 1. The number of carbonyl (C=O) groups is 1. The second kappa shape index (κ2) is 5.24. The fourth-order valence-electron chi connectivity index (χ4n) is 2.26. The van der Waals surface area contributed by atoms with Crippen LogP contribution in [0.2, 0.25) is 10.0 Å². The van der Waals surface area contributed by atoms with E-state index in [1.165, 1.54) is 11.3 Å². The summed E-state index contributed by atoms with van der Waals surface area (Å²) < 4.78 is 0. The monoisotopic (exact) mass is 327 g/mol. The molecule has 0 fully saturated rings. The first-order chi connectivity index (χ1) is 9.58. The van der Waals surface area contributed by atoms with E-state index in [1.54, 1.807) is 19.2 Å². The maximum Gasteiger partial charge on any atom is 0.226 e. The van der Waals surface area contributed by atoms with Crippen molar-refractivity contribution in [1.29, 1.82) is 0 Å². The molecule has 0 radical (unpaired) electrons. The van der Waals surface area contributed by atoms with Gasteiger partial charge in [0.2, 0.25) is 5.91 Å². The van der Waals surface area contributed by atoms with Crippen molar-refractivity contribution in [1.82, 2.24) is 4.98 Å². The van der Waals surface area contributed by atoms with E-state index >= 15 is 0 Å². The highest BCUT2D eigenvalue weighted by Crippen LogP contribution is 2.44. The maximum absolute atomic E-state index is 11.8. The van der Waals surface area contributed by atoms with E-state index in [1.807, 2.05) is 6.07 Å². The normalized spacial score (nSPS) is 17.6. The Balaban J connectivity index is 2.10. The second-order valence-electron chi connectivity index (χ2n) is 4.45. The van der Waals surface area contributed by atoms with Crippen LogP contribution in [-0.2, 0) is 4.79 Å². The smallest absolute Gasteiger partial charge is 0.226 e. The van der Waals surface area contributed by atoms with Crippen LogP contribution in [0, 0.1) is 0 Å². The highest BCUT2D eigenvalue weighted by molar-refractivity contribution is 7.16. The molecular weight excluding hydrogens is 317 g/mol. The van der Waals surface area contributed by atoms with Crippen LogP contribution < -0.4 is 10.6 Å². The SMILES string of the molecule is CNc1nc2c(s1)C(c1ccc(Cl)cc1Cl)CC(=O)N2. The number of halogens is 2. The molecule has 1 aliphatic rings. The van der Waals surface area contributed by atoms with Crippen LogP contribution in [0.25, 0.3) is 0 Å². The van der Waals surface area contributed by atoms with Gasteiger partial charge in [0.1, 0.15) is 5.82 Å². The van der Waals surface area contributed by atoms with Crippen molar-refractivity contribution in [3.8, 4) is 0 Å². The molecule has 1 aliphatic heterocycles. The lowest BCUT2D eigenvalue weighted by Gasteiger charge is -2.22. The van der Waals surface area contributed by atoms with E-state index in [4.69, 9.17) is 23.2 Å². The van der Waals surface area contributed by atoms with Crippen molar-refractivity contribution in [3.05, 3.63) is 38.7 Å². The third kappa shape index (κ3) is 2.37. The van der Waals surface area contributed by atoms with Crippen molar-refractivity contribution >= 4 is 51.4 Å². The van der Waals surface area contributed by atoms with Gasteiger partial charge in [0, 0.05) is 29.4 Å². The summed E-state index contributed by atoms with van der Waals surface area (Å²) in [6, 6.07) is 5.36. The van der Waals surface area contributed by atoms with Gasteiger partial charge in [-0.2, -0.15) is 0 Å². The van der Waals surface area contributed by atoms with Crippen molar-refractivity contribution in [3.63, 3.8) is 0 Å². The number of anilines is 2. The molecule has 4 nitrogen and oxygen atoms in total. The first kappa shape index (κ1) is 13.7. The molecule has 1 aromatic carbocycles. The zero-order valence-corrected chi connectivity index (χ0v) is 12.9. The molecule has 3 rings (SSSR count). The molecule has 0 saturated carbocycles. The van der Waals surface area contributed by atoms with Crippen LogP contribution in [0.3, 0.4) is 0 Å². The van der Waals surface area contributed by atoms with Crippen molar-refractivity contribution in [2.24, 2.45) is 0 Å². The van der Waals surface area contributed by atoms with E-state index < -0.39 is 0 Å². The molecule has 2 N–H and O–H groups in total. The summed E-state index contributed by atoms with van der Waals surface area (Å²) in [7, 11) is 1.80. The molecule has 0 aliphatic carbocycles. The summed E-state index contributed by atoms with van der Waals surface area (Å²) in [6.07, 6.45) is 0.361. The van der Waals surface area contributed by atoms with Gasteiger partial charge in [-0.1, -0.05) is 40.6 Å². The topological polar surface area (TPSA) is 54.0 Å². The molecule has 2 aromatic rings. The lowest BCUT2D eigenvalue weighted by atomic mass is 9.91. The molecular formula is C13H11Cl2N3OS. The van der Waals surface area contributed by atoms with Crippen LogP contribution in [0.15, 0.2) is 18.2 Å². The highest BCUT2D eigenvalue weighted by Gasteiger charge is 2.31. The number of hydrogen-bond acceptors (Lipinski definition) is 4. The Morgan fingerprint density at radius 2 is 2.25 bits per heavy atom. The Labute approximate surface area is 130 Å². The predicted molar refractivity (Wildman–Crippen MR) is 83.2 cm³/mol. The lowest BCUT2D eigenvalue weighted by molar-refractivity contribution is -0.116. The largest absolute Gasteiger partial charge is 0.365 e. The third-order valence-electron chi connectivity index (χ3n) is 3.17. The minimum atomic E-state index is -0.0804. The number of nitrogens with zero attached hydrogens (tertiary/aromatic N) is 1. The summed E-state index contributed by atoms with van der Waals surface area (Å²) in [5.74, 6) is 0.483. The van der Waals surface area contributed by atoms with Gasteiger partial charge in [0.25, 0.3) is 0 Å². The van der Waals surface area contributed by atoms with Crippen LogP contribution in [0.4, 0.5) is 10.9 Å². The number of thiazole rings is 1.